The SMILES string of the molecule is CCOc1ccc(/C=C(\NC(=O)c2ccccc2)C(=O)Nc2ccc(SC(C)C(=O)Nc3cc(C)c(Cl)cc3OC)cc2)cc1. The molecule has 0 aromatic heterocycles. The highest BCUT2D eigenvalue weighted by atomic mass is 35.5. The third kappa shape index (κ3) is 9.38. The summed E-state index contributed by atoms with van der Waals surface area (Å²) in [7, 11) is 1.52. The van der Waals surface area contributed by atoms with E-state index >= 15 is 0 Å². The lowest BCUT2D eigenvalue weighted by Crippen LogP contribution is -2.30. The number of hydrogen-bond acceptors (Lipinski definition) is 6. The molecule has 1 unspecified atom stereocenters. The second kappa shape index (κ2) is 15.8. The largest absolute Gasteiger partial charge is 0.495 e. The first-order chi connectivity index (χ1) is 21.7. The molecule has 0 radical (unpaired) electrons. The monoisotopic (exact) mass is 643 g/mol. The molecule has 45 heavy (non-hydrogen) atoms. The maximum absolute atomic E-state index is 13.4. The highest BCUT2D eigenvalue weighted by Crippen LogP contribution is 2.32. The standard InChI is InChI=1S/C35H34ClN3O5S/c1-5-44-27-15-11-24(12-16-27)20-31(39-34(41)25-9-7-6-8-10-25)35(42)37-26-13-17-28(18-14-26)45-23(3)33(40)38-30-19-22(2)29(36)21-32(30)43-4/h6-21,23H,5H2,1-4H3,(H,37,42)(H,38,40)(H,39,41)/b31-20-. The van der Waals surface area contributed by atoms with E-state index in [9.17, 15) is 14.4 Å². The lowest BCUT2D eigenvalue weighted by atomic mass is 10.1. The first-order valence-electron chi connectivity index (χ1n) is 14.2. The van der Waals surface area contributed by atoms with Crippen LogP contribution in [0.4, 0.5) is 11.4 Å². The number of aryl methyl sites for hydroxylation is 1. The molecule has 0 heterocycles. The summed E-state index contributed by atoms with van der Waals surface area (Å²) in [5.41, 5.74) is 3.10. The Hall–Kier alpha value is -4.73. The minimum absolute atomic E-state index is 0.0737. The predicted octanol–water partition coefficient (Wildman–Crippen LogP) is 7.58. The smallest absolute Gasteiger partial charge is 0.272 e. The number of carbonyl (C=O) groups excluding carboxylic acids is 3. The lowest BCUT2D eigenvalue weighted by Gasteiger charge is -2.16. The van der Waals surface area contributed by atoms with Gasteiger partial charge in [-0.2, -0.15) is 0 Å². The number of carbonyl (C=O) groups is 3. The fraction of sp³-hybridized carbons (Fsp3) is 0.171. The number of ether oxygens (including phenoxy) is 2. The van der Waals surface area contributed by atoms with Gasteiger partial charge in [0.2, 0.25) is 5.91 Å². The molecule has 3 N–H and O–H groups in total. The van der Waals surface area contributed by atoms with E-state index in [-0.39, 0.29) is 11.6 Å². The molecule has 4 aromatic rings. The van der Waals surface area contributed by atoms with Crippen LogP contribution in [0.5, 0.6) is 11.5 Å². The number of halogens is 1. The minimum Gasteiger partial charge on any atom is -0.495 e. The molecule has 0 aliphatic heterocycles. The Kier molecular flexibility index (Phi) is 11.7. The zero-order valence-corrected chi connectivity index (χ0v) is 26.9. The van der Waals surface area contributed by atoms with E-state index in [1.165, 1.54) is 18.9 Å². The van der Waals surface area contributed by atoms with Crippen LogP contribution in [0.2, 0.25) is 5.02 Å². The average Bonchev–Trinajstić information content (AvgIpc) is 3.04. The molecule has 0 fully saturated rings. The minimum atomic E-state index is -0.492. The zero-order chi connectivity index (χ0) is 32.3. The Labute approximate surface area is 272 Å². The highest BCUT2D eigenvalue weighted by molar-refractivity contribution is 8.00. The van der Waals surface area contributed by atoms with Crippen LogP contribution in [0.1, 0.15) is 35.3 Å². The fourth-order valence-electron chi connectivity index (χ4n) is 4.17. The molecule has 4 rings (SSSR count). The van der Waals surface area contributed by atoms with Crippen molar-refractivity contribution < 1.29 is 23.9 Å². The van der Waals surface area contributed by atoms with Crippen molar-refractivity contribution in [1.82, 2.24) is 5.32 Å². The second-order valence-electron chi connectivity index (χ2n) is 9.91. The molecule has 1 atom stereocenters. The number of rotatable bonds is 12. The third-order valence-corrected chi connectivity index (χ3v) is 8.08. The van der Waals surface area contributed by atoms with Crippen molar-refractivity contribution in [3.8, 4) is 11.5 Å². The Bertz CT molecular complexity index is 1680. The molecular weight excluding hydrogens is 610 g/mol. The van der Waals surface area contributed by atoms with Crippen LogP contribution in [0.25, 0.3) is 6.08 Å². The van der Waals surface area contributed by atoms with Gasteiger partial charge in [-0.3, -0.25) is 14.4 Å². The van der Waals surface area contributed by atoms with Crippen LogP contribution >= 0.6 is 23.4 Å². The van der Waals surface area contributed by atoms with Gasteiger partial charge in [0.1, 0.15) is 17.2 Å². The predicted molar refractivity (Wildman–Crippen MR) is 181 cm³/mol. The Morgan fingerprint density at radius 3 is 2.27 bits per heavy atom. The quantitative estimate of drug-likeness (QED) is 0.109. The van der Waals surface area contributed by atoms with Crippen molar-refractivity contribution in [1.29, 1.82) is 0 Å². The van der Waals surface area contributed by atoms with Crippen molar-refractivity contribution in [2.75, 3.05) is 24.4 Å². The van der Waals surface area contributed by atoms with E-state index < -0.39 is 17.1 Å². The van der Waals surface area contributed by atoms with Crippen molar-refractivity contribution in [3.05, 3.63) is 118 Å². The lowest BCUT2D eigenvalue weighted by molar-refractivity contribution is -0.115. The van der Waals surface area contributed by atoms with Gasteiger partial charge >= 0.3 is 0 Å². The topological polar surface area (TPSA) is 106 Å². The van der Waals surface area contributed by atoms with E-state index in [0.29, 0.717) is 45.6 Å². The first-order valence-corrected chi connectivity index (χ1v) is 15.5. The number of benzene rings is 4. The molecule has 0 aliphatic rings. The van der Waals surface area contributed by atoms with E-state index in [1.54, 1.807) is 85.8 Å². The molecule has 10 heteroatoms. The van der Waals surface area contributed by atoms with Crippen molar-refractivity contribution in [3.63, 3.8) is 0 Å². The Morgan fingerprint density at radius 1 is 0.933 bits per heavy atom. The van der Waals surface area contributed by atoms with Crippen molar-refractivity contribution >= 4 is 58.5 Å². The maximum atomic E-state index is 13.4. The summed E-state index contributed by atoms with van der Waals surface area (Å²) >= 11 is 7.55. The van der Waals surface area contributed by atoms with Crippen molar-refractivity contribution in [2.45, 2.75) is 30.9 Å². The van der Waals surface area contributed by atoms with E-state index in [1.807, 2.05) is 32.0 Å². The summed E-state index contributed by atoms with van der Waals surface area (Å²) in [6.07, 6.45) is 1.60. The summed E-state index contributed by atoms with van der Waals surface area (Å²) in [4.78, 5) is 40.1. The van der Waals surface area contributed by atoms with Gasteiger partial charge in [-0.25, -0.2) is 0 Å². The first kappa shape index (κ1) is 33.2. The van der Waals surface area contributed by atoms with Gasteiger partial charge in [0, 0.05) is 27.2 Å². The van der Waals surface area contributed by atoms with Crippen LogP contribution in [0.15, 0.2) is 102 Å². The molecule has 0 bridgehead atoms. The van der Waals surface area contributed by atoms with Gasteiger partial charge in [0.15, 0.2) is 0 Å². The average molecular weight is 644 g/mol. The summed E-state index contributed by atoms with van der Waals surface area (Å²) in [6, 6.07) is 26.4. The van der Waals surface area contributed by atoms with Gasteiger partial charge in [-0.15, -0.1) is 11.8 Å². The van der Waals surface area contributed by atoms with Gasteiger partial charge < -0.3 is 25.4 Å². The highest BCUT2D eigenvalue weighted by Gasteiger charge is 2.18. The Balaban J connectivity index is 1.44. The summed E-state index contributed by atoms with van der Waals surface area (Å²) in [5, 5.41) is 8.62. The van der Waals surface area contributed by atoms with Gasteiger partial charge in [0.05, 0.1) is 24.7 Å². The fourth-order valence-corrected chi connectivity index (χ4v) is 5.19. The molecule has 0 saturated carbocycles. The van der Waals surface area contributed by atoms with E-state index in [2.05, 4.69) is 16.0 Å². The van der Waals surface area contributed by atoms with Crippen molar-refractivity contribution in [2.24, 2.45) is 0 Å². The summed E-state index contributed by atoms with van der Waals surface area (Å²) in [6.45, 7) is 6.10. The van der Waals surface area contributed by atoms with E-state index in [0.717, 1.165) is 10.5 Å². The summed E-state index contributed by atoms with van der Waals surface area (Å²) < 4.78 is 10.9. The molecule has 0 saturated heterocycles. The van der Waals surface area contributed by atoms with Crippen LogP contribution < -0.4 is 25.4 Å². The molecule has 4 aromatic carbocycles. The number of thioether (sulfide) groups is 1. The number of amides is 3. The zero-order valence-electron chi connectivity index (χ0n) is 25.3. The van der Waals surface area contributed by atoms with Crippen LogP contribution in [0.3, 0.4) is 0 Å². The van der Waals surface area contributed by atoms with E-state index in [4.69, 9.17) is 21.1 Å². The molecule has 8 nitrogen and oxygen atoms in total. The second-order valence-corrected chi connectivity index (χ2v) is 11.7. The molecule has 0 spiro atoms. The number of nitrogens with one attached hydrogen (secondary N) is 3. The third-order valence-electron chi connectivity index (χ3n) is 6.56. The normalized spacial score (nSPS) is 11.7. The number of anilines is 2. The maximum Gasteiger partial charge on any atom is 0.272 e. The van der Waals surface area contributed by atoms with Gasteiger partial charge in [0.25, 0.3) is 11.8 Å². The van der Waals surface area contributed by atoms with Crippen LogP contribution in [0, 0.1) is 6.92 Å². The molecule has 0 aliphatic carbocycles. The van der Waals surface area contributed by atoms with Crippen LogP contribution in [-0.4, -0.2) is 36.7 Å². The summed E-state index contributed by atoms with van der Waals surface area (Å²) in [5.74, 6) is 0.0863. The van der Waals surface area contributed by atoms with Gasteiger partial charge in [-0.1, -0.05) is 41.9 Å². The van der Waals surface area contributed by atoms with Crippen LogP contribution in [-0.2, 0) is 9.59 Å². The molecule has 3 amide bonds. The molecular formula is C35H34ClN3O5S. The molecule has 232 valence electrons. The van der Waals surface area contributed by atoms with Gasteiger partial charge in [-0.05, 0) is 92.6 Å². The number of hydrogen-bond donors (Lipinski definition) is 3. The Morgan fingerprint density at radius 2 is 1.62 bits per heavy atom. The number of methoxy groups -OCH3 is 1.